The Morgan fingerprint density at radius 3 is 2.41 bits per heavy atom. The molecule has 192 valence electrons. The zero-order valence-corrected chi connectivity index (χ0v) is 21.9. The first-order valence-electron chi connectivity index (χ1n) is 11.5. The first-order chi connectivity index (χ1) is 17.6. The minimum atomic E-state index is -1.03. The molecular weight excluding hydrogens is 517 g/mol. The highest BCUT2D eigenvalue weighted by molar-refractivity contribution is 8.26. The number of piperazine rings is 1. The van der Waals surface area contributed by atoms with Gasteiger partial charge >= 0.3 is 5.97 Å². The molecule has 2 aromatic rings. The van der Waals surface area contributed by atoms with E-state index >= 15 is 0 Å². The average Bonchev–Trinajstić information content (AvgIpc) is 3.14. The lowest BCUT2D eigenvalue weighted by atomic mass is 10.0. The number of thiocarbonyl (C=S) groups is 1. The molecule has 0 atom stereocenters. The molecule has 2 aliphatic rings. The lowest BCUT2D eigenvalue weighted by Crippen LogP contribution is -2.48. The second kappa shape index (κ2) is 10.7. The number of carboxylic acid groups (broad SMARTS) is 1. The van der Waals surface area contributed by atoms with Crippen LogP contribution in [-0.2, 0) is 16.6 Å². The van der Waals surface area contributed by atoms with Gasteiger partial charge in [-0.3, -0.25) is 23.9 Å². The van der Waals surface area contributed by atoms with E-state index in [-0.39, 0.29) is 28.7 Å². The summed E-state index contributed by atoms with van der Waals surface area (Å²) in [7, 11) is 1.60. The number of rotatable bonds is 6. The normalized spacial score (nSPS) is 17.0. The Morgan fingerprint density at radius 1 is 1.19 bits per heavy atom. The van der Waals surface area contributed by atoms with E-state index in [1.54, 1.807) is 32.2 Å². The predicted octanol–water partition coefficient (Wildman–Crippen LogP) is 2.71. The zero-order chi connectivity index (χ0) is 26.9. The van der Waals surface area contributed by atoms with Gasteiger partial charge in [-0.15, -0.1) is 0 Å². The summed E-state index contributed by atoms with van der Waals surface area (Å²) in [4.78, 5) is 42.7. The number of nitriles is 1. The largest absolute Gasteiger partial charge is 0.481 e. The number of anilines is 2. The number of nitrogens with zero attached hydrogens (tertiary/aromatic N) is 5. The van der Waals surface area contributed by atoms with Crippen molar-refractivity contribution < 1.29 is 19.1 Å². The standard InChI is InChI=1S/C25H24FN5O4S2/c1-15-18(13-20-24(35)31(25(36)37-20)8-7-21(32)33)22(28(2)23(34)19(15)14-27)30-11-9-29(10-12-30)17-5-3-16(26)4-6-17/h3-6,13H,7-12H2,1-2H3,(H,32,33)/b20-13-. The van der Waals surface area contributed by atoms with Gasteiger partial charge in [0.25, 0.3) is 11.5 Å². The smallest absolute Gasteiger partial charge is 0.305 e. The number of hydrogen-bond donors (Lipinski definition) is 1. The van der Waals surface area contributed by atoms with E-state index in [9.17, 15) is 24.0 Å². The van der Waals surface area contributed by atoms with Crippen LogP contribution in [-0.4, -0.2) is 63.5 Å². The third-order valence-corrected chi connectivity index (χ3v) is 7.81. The van der Waals surface area contributed by atoms with Crippen molar-refractivity contribution >= 4 is 57.8 Å². The van der Waals surface area contributed by atoms with Crippen molar-refractivity contribution in [2.24, 2.45) is 7.05 Å². The highest BCUT2D eigenvalue weighted by atomic mass is 32.2. The molecule has 9 nitrogen and oxygen atoms in total. The van der Waals surface area contributed by atoms with E-state index in [0.717, 1.165) is 17.4 Å². The van der Waals surface area contributed by atoms with Crippen molar-refractivity contribution in [3.63, 3.8) is 0 Å². The van der Waals surface area contributed by atoms with E-state index in [2.05, 4.69) is 4.90 Å². The van der Waals surface area contributed by atoms with E-state index < -0.39 is 17.4 Å². The third kappa shape index (κ3) is 5.23. The van der Waals surface area contributed by atoms with Gasteiger partial charge in [-0.05, 0) is 42.8 Å². The molecule has 12 heteroatoms. The minimum absolute atomic E-state index is 0.0104. The molecule has 1 amide bonds. The molecule has 2 saturated heterocycles. The van der Waals surface area contributed by atoms with Gasteiger partial charge in [-0.2, -0.15) is 5.26 Å². The first-order valence-corrected chi connectivity index (χ1v) is 12.7. The summed E-state index contributed by atoms with van der Waals surface area (Å²) in [5, 5.41) is 18.7. The molecule has 0 bridgehead atoms. The Kier molecular flexibility index (Phi) is 7.65. The number of aliphatic carboxylic acids is 1. The molecule has 0 radical (unpaired) electrons. The van der Waals surface area contributed by atoms with Crippen molar-refractivity contribution in [3.05, 3.63) is 62.0 Å². The number of hydrogen-bond acceptors (Lipinski definition) is 8. The van der Waals surface area contributed by atoms with Crippen LogP contribution in [0.25, 0.3) is 6.08 Å². The van der Waals surface area contributed by atoms with Crippen LogP contribution in [0.1, 0.15) is 23.1 Å². The van der Waals surface area contributed by atoms with Crippen LogP contribution in [0.15, 0.2) is 34.0 Å². The maximum atomic E-state index is 13.3. The summed E-state index contributed by atoms with van der Waals surface area (Å²) in [5.41, 5.74) is 1.48. The number of carbonyl (C=O) groups is 2. The summed E-state index contributed by atoms with van der Waals surface area (Å²) < 4.78 is 15.0. The van der Waals surface area contributed by atoms with E-state index in [4.69, 9.17) is 17.3 Å². The highest BCUT2D eigenvalue weighted by Gasteiger charge is 2.33. The Hall–Kier alpha value is -3.69. The van der Waals surface area contributed by atoms with E-state index in [0.29, 0.717) is 48.0 Å². The quantitative estimate of drug-likeness (QED) is 0.436. The molecule has 3 heterocycles. The van der Waals surface area contributed by atoms with Crippen molar-refractivity contribution in [1.82, 2.24) is 9.47 Å². The molecule has 37 heavy (non-hydrogen) atoms. The molecular formula is C25H24FN5O4S2. The Bertz CT molecular complexity index is 1410. The summed E-state index contributed by atoms with van der Waals surface area (Å²) in [6.45, 7) is 3.98. The number of amides is 1. The second-order valence-corrected chi connectivity index (χ2v) is 10.3. The minimum Gasteiger partial charge on any atom is -0.481 e. The number of carboxylic acids is 1. The fourth-order valence-electron chi connectivity index (χ4n) is 4.45. The van der Waals surface area contributed by atoms with Crippen LogP contribution in [0.3, 0.4) is 0 Å². The Morgan fingerprint density at radius 2 is 1.81 bits per heavy atom. The van der Waals surface area contributed by atoms with Crippen LogP contribution in [0.5, 0.6) is 0 Å². The Labute approximate surface area is 222 Å². The number of thioether (sulfide) groups is 1. The molecule has 0 saturated carbocycles. The summed E-state index contributed by atoms with van der Waals surface area (Å²) >= 11 is 6.37. The molecule has 1 aromatic heterocycles. The zero-order valence-electron chi connectivity index (χ0n) is 20.2. The summed E-state index contributed by atoms with van der Waals surface area (Å²) in [6.07, 6.45) is 1.40. The fourth-order valence-corrected chi connectivity index (χ4v) is 5.74. The van der Waals surface area contributed by atoms with Crippen LogP contribution in [0.4, 0.5) is 15.9 Å². The van der Waals surface area contributed by atoms with E-state index in [1.165, 1.54) is 21.6 Å². The van der Waals surface area contributed by atoms with Crippen molar-refractivity contribution in [2.75, 3.05) is 42.5 Å². The molecule has 4 rings (SSSR count). The van der Waals surface area contributed by atoms with Gasteiger partial charge < -0.3 is 14.9 Å². The highest BCUT2D eigenvalue weighted by Crippen LogP contribution is 2.36. The van der Waals surface area contributed by atoms with Crippen molar-refractivity contribution in [3.8, 4) is 6.07 Å². The lowest BCUT2D eigenvalue weighted by Gasteiger charge is -2.38. The number of benzene rings is 1. The topological polar surface area (TPSA) is 110 Å². The number of halogens is 1. The molecule has 1 N–H and O–H groups in total. The monoisotopic (exact) mass is 541 g/mol. The van der Waals surface area contributed by atoms with Crippen molar-refractivity contribution in [2.45, 2.75) is 13.3 Å². The van der Waals surface area contributed by atoms with Gasteiger partial charge in [0.2, 0.25) is 0 Å². The van der Waals surface area contributed by atoms with Crippen molar-refractivity contribution in [1.29, 1.82) is 5.26 Å². The predicted molar refractivity (Wildman–Crippen MR) is 144 cm³/mol. The van der Waals surface area contributed by atoms with Gasteiger partial charge in [-0.1, -0.05) is 24.0 Å². The lowest BCUT2D eigenvalue weighted by molar-refractivity contribution is -0.137. The first kappa shape index (κ1) is 26.4. The van der Waals surface area contributed by atoms with Crippen LogP contribution in [0, 0.1) is 24.1 Å². The van der Waals surface area contributed by atoms with Gasteiger partial charge in [0.1, 0.15) is 27.6 Å². The van der Waals surface area contributed by atoms with Gasteiger partial charge in [0, 0.05) is 51.0 Å². The van der Waals surface area contributed by atoms with Crippen LogP contribution >= 0.6 is 24.0 Å². The molecule has 0 aliphatic carbocycles. The van der Waals surface area contributed by atoms with Gasteiger partial charge in [0.15, 0.2) is 0 Å². The summed E-state index contributed by atoms with van der Waals surface area (Å²) in [5.74, 6) is -1.16. The third-order valence-electron chi connectivity index (χ3n) is 6.44. The number of aromatic nitrogens is 1. The molecule has 0 unspecified atom stereocenters. The summed E-state index contributed by atoms with van der Waals surface area (Å²) in [6, 6.07) is 8.27. The van der Waals surface area contributed by atoms with Gasteiger partial charge in [-0.25, -0.2) is 4.39 Å². The van der Waals surface area contributed by atoms with Gasteiger partial charge in [0.05, 0.1) is 11.3 Å². The number of carbonyl (C=O) groups excluding carboxylic acids is 1. The van der Waals surface area contributed by atoms with Crippen LogP contribution < -0.4 is 15.4 Å². The second-order valence-electron chi connectivity index (χ2n) is 8.64. The molecule has 2 fully saturated rings. The maximum absolute atomic E-state index is 13.3. The molecule has 1 aromatic carbocycles. The Balaban J connectivity index is 1.70. The molecule has 0 spiro atoms. The SMILES string of the molecule is Cc1c(/C=C2\SC(=S)N(CCC(=O)O)C2=O)c(N2CCN(c3ccc(F)cc3)CC2)n(C)c(=O)c1C#N. The average molecular weight is 542 g/mol. The van der Waals surface area contributed by atoms with E-state index in [1.807, 2.05) is 11.0 Å². The van der Waals surface area contributed by atoms with Crippen LogP contribution in [0.2, 0.25) is 0 Å². The maximum Gasteiger partial charge on any atom is 0.305 e. The molecule has 2 aliphatic heterocycles. The number of pyridine rings is 1. The fraction of sp³-hybridized carbons (Fsp3) is 0.320.